The van der Waals surface area contributed by atoms with E-state index >= 15 is 17.6 Å². The van der Waals surface area contributed by atoms with Crippen molar-refractivity contribution in [1.29, 1.82) is 0 Å². The zero-order valence-corrected chi connectivity index (χ0v) is 33.2. The summed E-state index contributed by atoms with van der Waals surface area (Å²) >= 11 is 0. The second-order valence-corrected chi connectivity index (χ2v) is 13.4. The van der Waals surface area contributed by atoms with E-state index in [-0.39, 0.29) is 0 Å². The quantitative estimate of drug-likeness (QED) is 0.0619. The number of anilines is 6. The highest BCUT2D eigenvalue weighted by Crippen LogP contribution is 2.38. The average Bonchev–Trinajstić information content (AvgIpc) is 3.30. The second-order valence-electron chi connectivity index (χ2n) is 13.4. The maximum atomic E-state index is 15.4. The highest BCUT2D eigenvalue weighted by atomic mass is 19.2. The molecule has 0 atom stereocenters. The first-order chi connectivity index (χ1) is 29.2. The molecule has 0 spiro atoms. The summed E-state index contributed by atoms with van der Waals surface area (Å²) in [5.74, 6) is -3.20. The minimum absolute atomic E-state index is 0.549. The van der Waals surface area contributed by atoms with E-state index in [0.29, 0.717) is 34.1 Å². The molecular weight excluding hydrogens is 769 g/mol. The predicted molar refractivity (Wildman–Crippen MR) is 233 cm³/mol. The Morgan fingerprint density at radius 3 is 0.700 bits per heavy atom. The molecule has 0 aromatic heterocycles. The Labute approximate surface area is 346 Å². The van der Waals surface area contributed by atoms with Crippen molar-refractivity contribution in [2.24, 2.45) is 0 Å². The molecule has 7 aromatic carbocycles. The fourth-order valence-electron chi connectivity index (χ4n) is 6.61. The molecule has 0 heterocycles. The van der Waals surface area contributed by atoms with Crippen LogP contribution in [0.2, 0.25) is 0 Å². The number of nitrogens with zero attached hydrogens (tertiary/aromatic N) is 2. The van der Waals surface area contributed by atoms with Crippen LogP contribution in [-0.2, 0) is 0 Å². The summed E-state index contributed by atoms with van der Waals surface area (Å²) in [4.78, 5) is 4.02. The van der Waals surface area contributed by atoms with Crippen LogP contribution in [0.3, 0.4) is 0 Å². The topological polar surface area (TPSA) is 43.4 Å². The van der Waals surface area contributed by atoms with E-state index in [1.54, 1.807) is 52.7 Å². The van der Waals surface area contributed by atoms with Gasteiger partial charge in [-0.1, -0.05) is 36.4 Å². The van der Waals surface area contributed by atoms with Gasteiger partial charge in [-0.15, -0.1) is 0 Å². The summed E-state index contributed by atoms with van der Waals surface area (Å²) in [6.45, 7) is 0. The third-order valence-corrected chi connectivity index (χ3v) is 9.84. The summed E-state index contributed by atoms with van der Waals surface area (Å²) in [6, 6.07) is 44.5. The van der Waals surface area contributed by atoms with Crippen LogP contribution in [0, 0.1) is 23.3 Å². The van der Waals surface area contributed by atoms with Gasteiger partial charge in [0, 0.05) is 34.1 Å². The van der Waals surface area contributed by atoms with Crippen LogP contribution in [0.4, 0.5) is 51.7 Å². The number of halogens is 4. The molecule has 0 amide bonds. The van der Waals surface area contributed by atoms with Gasteiger partial charge in [-0.2, -0.15) is 0 Å². The lowest BCUT2D eigenvalue weighted by molar-refractivity contribution is 0.414. The molecule has 7 aromatic rings. The number of benzene rings is 7. The number of ether oxygens (including phenoxy) is 4. The first-order valence-corrected chi connectivity index (χ1v) is 18.8. The standard InChI is InChI=1S/C50H40F4N2O4/c1-57-41-23-15-37(16-24-41)55(38-17-25-42(58-2)26-18-38)35-11-5-33(6-12-35)9-31-45-47(51)49(53)46(50(54)48(45)52)32-10-34-7-13-36(14-8-34)56(39-19-27-43(59-3)28-20-39)40-21-29-44(60-4)30-22-40/h5-32H,1-4H3. The van der Waals surface area contributed by atoms with E-state index in [9.17, 15) is 0 Å². The molecule has 0 fully saturated rings. The first-order valence-electron chi connectivity index (χ1n) is 18.8. The molecule has 0 bridgehead atoms. The van der Waals surface area contributed by atoms with Gasteiger partial charge in [0.15, 0.2) is 23.3 Å². The summed E-state index contributed by atoms with van der Waals surface area (Å²) in [6.07, 6.45) is 4.85. The number of hydrogen-bond donors (Lipinski definition) is 0. The molecule has 0 N–H and O–H groups in total. The lowest BCUT2D eigenvalue weighted by atomic mass is 10.0. The van der Waals surface area contributed by atoms with Gasteiger partial charge in [0.2, 0.25) is 0 Å². The maximum Gasteiger partial charge on any atom is 0.169 e. The van der Waals surface area contributed by atoms with Crippen molar-refractivity contribution in [3.05, 3.63) is 191 Å². The SMILES string of the molecule is COc1ccc(N(c2ccc(C=Cc3c(F)c(F)c(C=Cc4ccc(N(c5ccc(OC)cc5)c5ccc(OC)cc5)cc4)c(F)c3F)cc2)c2ccc(OC)cc2)cc1. The Morgan fingerprint density at radius 1 is 0.300 bits per heavy atom. The molecule has 0 aliphatic carbocycles. The third kappa shape index (κ3) is 8.83. The highest BCUT2D eigenvalue weighted by Gasteiger charge is 2.23. The lowest BCUT2D eigenvalue weighted by Crippen LogP contribution is -2.09. The van der Waals surface area contributed by atoms with Crippen LogP contribution in [0.5, 0.6) is 23.0 Å². The van der Waals surface area contributed by atoms with E-state index in [2.05, 4.69) is 0 Å². The minimum Gasteiger partial charge on any atom is -0.497 e. The van der Waals surface area contributed by atoms with Crippen molar-refractivity contribution in [3.63, 3.8) is 0 Å². The predicted octanol–water partition coefficient (Wildman–Crippen LogP) is 13.6. The van der Waals surface area contributed by atoms with Gasteiger partial charge in [-0.3, -0.25) is 0 Å². The molecule has 0 unspecified atom stereocenters. The highest BCUT2D eigenvalue weighted by molar-refractivity contribution is 5.81. The summed E-state index contributed by atoms with van der Waals surface area (Å²) in [7, 11) is 6.39. The molecule has 7 rings (SSSR count). The van der Waals surface area contributed by atoms with E-state index in [1.807, 2.05) is 131 Å². The number of hydrogen-bond acceptors (Lipinski definition) is 6. The summed E-state index contributed by atoms with van der Waals surface area (Å²) in [5, 5.41) is 0. The average molecular weight is 809 g/mol. The largest absolute Gasteiger partial charge is 0.497 e. The van der Waals surface area contributed by atoms with Crippen LogP contribution in [0.15, 0.2) is 146 Å². The third-order valence-electron chi connectivity index (χ3n) is 9.84. The monoisotopic (exact) mass is 808 g/mol. The van der Waals surface area contributed by atoms with Gasteiger partial charge in [-0.25, -0.2) is 17.6 Å². The Morgan fingerprint density at radius 2 is 0.500 bits per heavy atom. The number of rotatable bonds is 14. The van der Waals surface area contributed by atoms with Gasteiger partial charge in [0.25, 0.3) is 0 Å². The molecule has 0 aliphatic rings. The molecule has 0 aliphatic heterocycles. The second kappa shape index (κ2) is 18.4. The van der Waals surface area contributed by atoms with Gasteiger partial charge in [0.05, 0.1) is 39.6 Å². The molecule has 10 heteroatoms. The molecule has 6 nitrogen and oxygen atoms in total. The minimum atomic E-state index is -1.50. The van der Waals surface area contributed by atoms with E-state index in [4.69, 9.17) is 18.9 Å². The Bertz CT molecular complexity index is 2290. The summed E-state index contributed by atoms with van der Waals surface area (Å²) < 4.78 is 83.0. The fourth-order valence-corrected chi connectivity index (χ4v) is 6.61. The Hall–Kier alpha value is -7.46. The lowest BCUT2D eigenvalue weighted by Gasteiger charge is -2.26. The van der Waals surface area contributed by atoms with Gasteiger partial charge >= 0.3 is 0 Å². The van der Waals surface area contributed by atoms with Crippen molar-refractivity contribution in [1.82, 2.24) is 0 Å². The molecule has 0 saturated carbocycles. The van der Waals surface area contributed by atoms with Crippen molar-refractivity contribution >= 4 is 58.4 Å². The Balaban J connectivity index is 1.11. The van der Waals surface area contributed by atoms with Gasteiger partial charge < -0.3 is 28.7 Å². The van der Waals surface area contributed by atoms with Crippen LogP contribution in [-0.4, -0.2) is 28.4 Å². The molecule has 0 saturated heterocycles. The van der Waals surface area contributed by atoms with Gasteiger partial charge in [0.1, 0.15) is 23.0 Å². The van der Waals surface area contributed by atoms with Gasteiger partial charge in [-0.05, 0) is 145 Å². The maximum absolute atomic E-state index is 15.4. The van der Waals surface area contributed by atoms with E-state index in [0.717, 1.165) is 46.3 Å². The van der Waals surface area contributed by atoms with Crippen molar-refractivity contribution < 1.29 is 36.5 Å². The zero-order chi connectivity index (χ0) is 42.2. The smallest absolute Gasteiger partial charge is 0.169 e. The van der Waals surface area contributed by atoms with E-state index < -0.39 is 34.4 Å². The number of methoxy groups -OCH3 is 4. The van der Waals surface area contributed by atoms with Crippen molar-refractivity contribution in [2.45, 2.75) is 0 Å². The molecule has 0 radical (unpaired) electrons. The molecular formula is C50H40F4N2O4. The first kappa shape index (κ1) is 40.7. The van der Waals surface area contributed by atoms with E-state index in [1.165, 1.54) is 12.2 Å². The van der Waals surface area contributed by atoms with Crippen molar-refractivity contribution in [2.75, 3.05) is 38.2 Å². The van der Waals surface area contributed by atoms with Crippen LogP contribution < -0.4 is 28.7 Å². The molecule has 60 heavy (non-hydrogen) atoms. The zero-order valence-electron chi connectivity index (χ0n) is 33.2. The van der Waals surface area contributed by atoms with Crippen LogP contribution in [0.25, 0.3) is 24.3 Å². The van der Waals surface area contributed by atoms with Crippen molar-refractivity contribution in [3.8, 4) is 23.0 Å². The van der Waals surface area contributed by atoms with Crippen LogP contribution >= 0.6 is 0 Å². The normalized spacial score (nSPS) is 11.2. The van der Waals surface area contributed by atoms with Crippen LogP contribution in [0.1, 0.15) is 22.3 Å². The summed E-state index contributed by atoms with van der Waals surface area (Å²) in [5.41, 5.74) is 4.43. The molecule has 302 valence electrons. The fraction of sp³-hybridized carbons (Fsp3) is 0.0800. The Kier molecular flexibility index (Phi) is 12.5.